The Morgan fingerprint density at radius 3 is 2.48 bits per heavy atom. The predicted molar refractivity (Wildman–Crippen MR) is 122 cm³/mol. The second-order valence-electron chi connectivity index (χ2n) is 7.93. The number of rotatable bonds is 6. The van der Waals surface area contributed by atoms with Crippen LogP contribution in [0.5, 0.6) is 5.75 Å². The molecule has 0 saturated carbocycles. The van der Waals surface area contributed by atoms with Gasteiger partial charge in [0.2, 0.25) is 5.91 Å². The topological polar surface area (TPSA) is 109 Å². The molecular weight excluding hydrogens is 416 g/mol. The van der Waals surface area contributed by atoms with E-state index in [1.54, 1.807) is 48.5 Å². The smallest absolute Gasteiger partial charge is 0.273 e. The Kier molecular flexibility index (Phi) is 6.74. The van der Waals surface area contributed by atoms with Crippen molar-refractivity contribution in [3.8, 4) is 5.75 Å². The van der Waals surface area contributed by atoms with Crippen molar-refractivity contribution in [1.29, 1.82) is 0 Å². The lowest BCUT2D eigenvalue weighted by molar-refractivity contribution is -0.116. The largest absolute Gasteiger partial charge is 0.494 e. The lowest BCUT2D eigenvalue weighted by Crippen LogP contribution is -2.48. The van der Waals surface area contributed by atoms with Crippen LogP contribution in [0.2, 0.25) is 0 Å². The van der Waals surface area contributed by atoms with E-state index in [9.17, 15) is 13.8 Å². The van der Waals surface area contributed by atoms with Crippen molar-refractivity contribution in [2.45, 2.75) is 43.4 Å². The molecule has 0 radical (unpaired) electrons. The van der Waals surface area contributed by atoms with E-state index in [0.717, 1.165) is 0 Å². The fourth-order valence-corrected chi connectivity index (χ4v) is 4.26. The molecule has 164 valence electrons. The van der Waals surface area contributed by atoms with Crippen molar-refractivity contribution in [3.05, 3.63) is 48.5 Å². The second-order valence-corrected chi connectivity index (χ2v) is 9.44. The number of carbonyl (C=O) groups excluding carboxylic acids is 2. The molecule has 8 nitrogen and oxygen atoms in total. The third-order valence-electron chi connectivity index (χ3n) is 4.23. The highest BCUT2D eigenvalue weighted by atomic mass is 32.2. The van der Waals surface area contributed by atoms with Crippen LogP contribution in [-0.2, 0) is 20.4 Å². The number of benzene rings is 2. The second kappa shape index (κ2) is 9.30. The Morgan fingerprint density at radius 1 is 1.16 bits per heavy atom. The van der Waals surface area contributed by atoms with E-state index in [0.29, 0.717) is 28.6 Å². The number of hydrogen-bond donors (Lipinski definition) is 3. The number of fused-ring (bicyclic) bond motifs is 1. The summed E-state index contributed by atoms with van der Waals surface area (Å²) in [5, 5.41) is 8.41. The SMILES string of the molecule is CCOc1ccc(NC(=O)/C(=N\NC(C)(C)C)[C@@H]2C(=O)Nc3ccccc3[S@@]2=O)cc1. The highest BCUT2D eigenvalue weighted by Gasteiger charge is 2.40. The molecule has 0 aliphatic carbocycles. The number of nitrogens with one attached hydrogen (secondary N) is 3. The molecule has 31 heavy (non-hydrogen) atoms. The van der Waals surface area contributed by atoms with Gasteiger partial charge in [0, 0.05) is 11.2 Å². The summed E-state index contributed by atoms with van der Waals surface area (Å²) >= 11 is 0. The molecule has 1 aliphatic rings. The fourth-order valence-electron chi connectivity index (χ4n) is 2.85. The lowest BCUT2D eigenvalue weighted by atomic mass is 10.1. The molecule has 1 heterocycles. The number of nitrogens with zero attached hydrogens (tertiary/aromatic N) is 1. The summed E-state index contributed by atoms with van der Waals surface area (Å²) in [6, 6.07) is 13.6. The summed E-state index contributed by atoms with van der Waals surface area (Å²) in [6.45, 7) is 8.02. The molecule has 2 amide bonds. The van der Waals surface area contributed by atoms with Gasteiger partial charge in [-0.05, 0) is 64.1 Å². The molecular formula is C22H26N4O4S. The molecule has 0 fully saturated rings. The highest BCUT2D eigenvalue weighted by Crippen LogP contribution is 2.28. The van der Waals surface area contributed by atoms with Gasteiger partial charge in [-0.1, -0.05) is 12.1 Å². The number of ether oxygens (including phenoxy) is 1. The number of carbonyl (C=O) groups is 2. The molecule has 1 aliphatic heterocycles. The number of hydrogen-bond acceptors (Lipinski definition) is 6. The molecule has 2 aromatic rings. The van der Waals surface area contributed by atoms with E-state index in [4.69, 9.17) is 4.74 Å². The van der Waals surface area contributed by atoms with Gasteiger partial charge in [0.25, 0.3) is 5.91 Å². The van der Waals surface area contributed by atoms with E-state index in [1.165, 1.54) is 0 Å². The number of anilines is 2. The van der Waals surface area contributed by atoms with Crippen molar-refractivity contribution >= 4 is 39.7 Å². The van der Waals surface area contributed by atoms with Crippen LogP contribution in [0.1, 0.15) is 27.7 Å². The highest BCUT2D eigenvalue weighted by molar-refractivity contribution is 7.88. The van der Waals surface area contributed by atoms with Crippen LogP contribution in [0.15, 0.2) is 58.5 Å². The number of hydrazone groups is 1. The summed E-state index contributed by atoms with van der Waals surface area (Å²) in [6.07, 6.45) is 0. The maximum atomic E-state index is 13.2. The van der Waals surface area contributed by atoms with Crippen LogP contribution in [-0.4, -0.2) is 39.1 Å². The lowest BCUT2D eigenvalue weighted by Gasteiger charge is -2.26. The van der Waals surface area contributed by atoms with Gasteiger partial charge in [-0.25, -0.2) is 0 Å². The molecule has 0 saturated heterocycles. The zero-order valence-electron chi connectivity index (χ0n) is 17.9. The maximum absolute atomic E-state index is 13.2. The Balaban J connectivity index is 1.92. The first-order chi connectivity index (χ1) is 14.7. The predicted octanol–water partition coefficient (Wildman–Crippen LogP) is 2.90. The average Bonchev–Trinajstić information content (AvgIpc) is 2.71. The normalized spacial score (nSPS) is 18.6. The zero-order chi connectivity index (χ0) is 22.6. The van der Waals surface area contributed by atoms with Gasteiger partial charge >= 0.3 is 0 Å². The minimum Gasteiger partial charge on any atom is -0.494 e. The van der Waals surface area contributed by atoms with Crippen LogP contribution in [0.4, 0.5) is 11.4 Å². The minimum absolute atomic E-state index is 0.158. The van der Waals surface area contributed by atoms with Gasteiger partial charge in [-0.3, -0.25) is 13.8 Å². The minimum atomic E-state index is -1.79. The van der Waals surface area contributed by atoms with Crippen molar-refractivity contribution in [3.63, 3.8) is 0 Å². The van der Waals surface area contributed by atoms with Crippen LogP contribution in [0.3, 0.4) is 0 Å². The van der Waals surface area contributed by atoms with E-state index < -0.39 is 33.4 Å². The molecule has 2 aromatic carbocycles. The third kappa shape index (κ3) is 5.49. The molecule has 0 bridgehead atoms. The van der Waals surface area contributed by atoms with Crippen LogP contribution in [0.25, 0.3) is 0 Å². The van der Waals surface area contributed by atoms with Crippen molar-refractivity contribution in [2.75, 3.05) is 17.2 Å². The molecule has 0 aromatic heterocycles. The van der Waals surface area contributed by atoms with E-state index in [2.05, 4.69) is 21.2 Å². The summed E-state index contributed by atoms with van der Waals surface area (Å²) in [7, 11) is -1.79. The Morgan fingerprint density at radius 2 is 1.84 bits per heavy atom. The first kappa shape index (κ1) is 22.5. The van der Waals surface area contributed by atoms with Gasteiger partial charge in [0.05, 0.1) is 28.0 Å². The van der Waals surface area contributed by atoms with E-state index >= 15 is 0 Å². The van der Waals surface area contributed by atoms with Gasteiger partial charge in [-0.15, -0.1) is 0 Å². The van der Waals surface area contributed by atoms with Crippen LogP contribution in [0, 0.1) is 0 Å². The third-order valence-corrected chi connectivity index (χ3v) is 5.88. The molecule has 2 atom stereocenters. The molecule has 3 N–H and O–H groups in total. The summed E-state index contributed by atoms with van der Waals surface area (Å²) in [5.41, 5.74) is 3.22. The van der Waals surface area contributed by atoms with Gasteiger partial charge in [0.1, 0.15) is 5.75 Å². The standard InChI is InChI=1S/C22H26N4O4S/c1-5-30-15-12-10-14(11-13-15)23-20(27)18(25-26-22(2,3)4)19-21(28)24-16-8-6-7-9-17(16)31(19)29/h6-13,19,26H,5H2,1-4H3,(H,23,27)(H,24,28)/b25-18-/t19-,31+/m1/s1. The summed E-state index contributed by atoms with van der Waals surface area (Å²) in [5.74, 6) is -0.490. The van der Waals surface area contributed by atoms with Crippen molar-refractivity contribution < 1.29 is 18.5 Å². The number of amides is 2. The van der Waals surface area contributed by atoms with Gasteiger partial charge in [0.15, 0.2) is 11.0 Å². The molecule has 0 spiro atoms. The zero-order valence-corrected chi connectivity index (χ0v) is 18.7. The Labute approximate surface area is 183 Å². The molecule has 3 rings (SSSR count). The maximum Gasteiger partial charge on any atom is 0.273 e. The van der Waals surface area contributed by atoms with Crippen molar-refractivity contribution in [2.24, 2.45) is 5.10 Å². The summed E-state index contributed by atoms with van der Waals surface area (Å²) in [4.78, 5) is 26.4. The first-order valence-electron chi connectivity index (χ1n) is 9.89. The quantitative estimate of drug-likeness (QED) is 0.471. The van der Waals surface area contributed by atoms with E-state index in [1.807, 2.05) is 27.7 Å². The number of para-hydroxylation sites is 1. The fraction of sp³-hybridized carbons (Fsp3) is 0.318. The Hall–Kier alpha value is -3.20. The summed E-state index contributed by atoms with van der Waals surface area (Å²) < 4.78 is 18.6. The van der Waals surface area contributed by atoms with Crippen molar-refractivity contribution in [1.82, 2.24) is 5.43 Å². The van der Waals surface area contributed by atoms with Crippen LogP contribution >= 0.6 is 0 Å². The first-order valence-corrected chi connectivity index (χ1v) is 11.1. The molecule has 9 heteroatoms. The van der Waals surface area contributed by atoms with Crippen LogP contribution < -0.4 is 20.8 Å². The average molecular weight is 443 g/mol. The monoisotopic (exact) mass is 442 g/mol. The van der Waals surface area contributed by atoms with Gasteiger partial charge < -0.3 is 20.8 Å². The van der Waals surface area contributed by atoms with E-state index in [-0.39, 0.29) is 5.71 Å². The Bertz CT molecular complexity index is 1030. The van der Waals surface area contributed by atoms with Gasteiger partial charge in [-0.2, -0.15) is 5.10 Å². The molecule has 0 unspecified atom stereocenters.